The van der Waals surface area contributed by atoms with E-state index in [0.717, 1.165) is 4.31 Å². The smallest absolute Gasteiger partial charge is 0.264 e. The molecule has 1 N–H and O–H groups in total. The van der Waals surface area contributed by atoms with Crippen molar-refractivity contribution in [1.29, 1.82) is 0 Å². The average molecular weight is 645 g/mol. The average Bonchev–Trinajstić information content (AvgIpc) is 2.93. The zero-order valence-electron chi connectivity index (χ0n) is 22.1. The molecule has 0 heterocycles. The normalized spacial score (nSPS) is 12.9. The molecule has 0 aliphatic rings. The third kappa shape index (κ3) is 7.83. The van der Waals surface area contributed by atoms with Crippen LogP contribution < -0.4 is 9.62 Å². The van der Waals surface area contributed by atoms with E-state index in [1.54, 1.807) is 43.3 Å². The molecule has 2 amide bonds. The maximum Gasteiger partial charge on any atom is 0.264 e. The van der Waals surface area contributed by atoms with Crippen molar-refractivity contribution in [2.24, 2.45) is 0 Å². The Kier molecular flexibility index (Phi) is 11.1. The minimum Gasteiger partial charge on any atom is -0.352 e. The van der Waals surface area contributed by atoms with Crippen LogP contribution in [-0.4, -0.2) is 43.8 Å². The first kappa shape index (κ1) is 32.0. The van der Waals surface area contributed by atoms with Gasteiger partial charge in [-0.05, 0) is 68.3 Å². The number of carbonyl (C=O) groups is 2. The van der Waals surface area contributed by atoms with Gasteiger partial charge < -0.3 is 10.2 Å². The van der Waals surface area contributed by atoms with Crippen LogP contribution in [-0.2, 0) is 26.2 Å². The van der Waals surface area contributed by atoms with E-state index in [1.165, 1.54) is 35.2 Å². The Balaban J connectivity index is 2.07. The molecule has 0 aliphatic carbocycles. The lowest BCUT2D eigenvalue weighted by molar-refractivity contribution is -0.139. The fraction of sp³-hybridized carbons (Fsp3) is 0.286. The molecule has 0 spiro atoms. The topological polar surface area (TPSA) is 86.8 Å². The molecule has 2 atom stereocenters. The van der Waals surface area contributed by atoms with Gasteiger partial charge in [-0.1, -0.05) is 77.6 Å². The summed E-state index contributed by atoms with van der Waals surface area (Å²) in [6.07, 6.45) is 0.690. The SMILES string of the molecule is CC[C@H](C)NC(=O)[C@@H](C)N(Cc1ccc(Cl)c(Cl)c1)C(=O)CN(c1cc(Cl)ccc1Cl)S(=O)(=O)c1ccccc1. The Bertz CT molecular complexity index is 1470. The molecule has 40 heavy (non-hydrogen) atoms. The fourth-order valence-electron chi connectivity index (χ4n) is 3.79. The van der Waals surface area contributed by atoms with Crippen LogP contribution in [0, 0.1) is 0 Å². The summed E-state index contributed by atoms with van der Waals surface area (Å²) < 4.78 is 28.6. The number of hydrogen-bond donors (Lipinski definition) is 1. The number of carbonyl (C=O) groups excluding carboxylic acids is 2. The van der Waals surface area contributed by atoms with E-state index in [1.807, 2.05) is 13.8 Å². The van der Waals surface area contributed by atoms with E-state index in [4.69, 9.17) is 46.4 Å². The molecule has 3 aromatic rings. The molecule has 0 radical (unpaired) electrons. The maximum absolute atomic E-state index is 14.0. The number of rotatable bonds is 11. The molecule has 3 aromatic carbocycles. The Hall–Kier alpha value is -2.49. The Labute approximate surface area is 255 Å². The second-order valence-corrected chi connectivity index (χ2v) is 12.7. The predicted octanol–water partition coefficient (Wildman–Crippen LogP) is 6.83. The lowest BCUT2D eigenvalue weighted by Gasteiger charge is -2.32. The minimum atomic E-state index is -4.27. The number of amides is 2. The lowest BCUT2D eigenvalue weighted by atomic mass is 10.1. The number of hydrogen-bond acceptors (Lipinski definition) is 4. The van der Waals surface area contributed by atoms with Crippen LogP contribution in [0.2, 0.25) is 20.1 Å². The highest BCUT2D eigenvalue weighted by Gasteiger charge is 2.33. The number of nitrogens with one attached hydrogen (secondary N) is 1. The van der Waals surface area contributed by atoms with Crippen molar-refractivity contribution in [2.75, 3.05) is 10.8 Å². The van der Waals surface area contributed by atoms with Crippen molar-refractivity contribution in [2.45, 2.75) is 50.7 Å². The number of nitrogens with zero attached hydrogens (tertiary/aromatic N) is 2. The van der Waals surface area contributed by atoms with Gasteiger partial charge in [0.05, 0.1) is 25.7 Å². The molecule has 0 fully saturated rings. The van der Waals surface area contributed by atoms with Gasteiger partial charge in [0.15, 0.2) is 0 Å². The summed E-state index contributed by atoms with van der Waals surface area (Å²) in [4.78, 5) is 28.3. The molecule has 7 nitrogen and oxygen atoms in total. The summed E-state index contributed by atoms with van der Waals surface area (Å²) in [6, 6.07) is 15.8. The largest absolute Gasteiger partial charge is 0.352 e. The second-order valence-electron chi connectivity index (χ2n) is 9.18. The monoisotopic (exact) mass is 643 g/mol. The van der Waals surface area contributed by atoms with Gasteiger partial charge in [0.1, 0.15) is 12.6 Å². The summed E-state index contributed by atoms with van der Waals surface area (Å²) in [5.74, 6) is -1.03. The van der Waals surface area contributed by atoms with Crippen molar-refractivity contribution in [3.05, 3.63) is 92.4 Å². The lowest BCUT2D eigenvalue weighted by Crippen LogP contribution is -2.52. The maximum atomic E-state index is 14.0. The standard InChI is InChI=1S/C28H29Cl4N3O4S/c1-4-18(2)33-28(37)19(3)34(16-20-10-12-23(30)25(32)14-20)27(36)17-35(26-15-21(29)11-13-24(26)31)40(38,39)22-8-6-5-7-9-22/h5-15,18-19H,4,16-17H2,1-3H3,(H,33,37)/t18-,19+/m0/s1. The van der Waals surface area contributed by atoms with Crippen molar-refractivity contribution < 1.29 is 18.0 Å². The molecule has 3 rings (SSSR count). The van der Waals surface area contributed by atoms with E-state index in [0.29, 0.717) is 17.0 Å². The molecule has 0 saturated carbocycles. The molecular formula is C28H29Cl4N3O4S. The highest BCUT2D eigenvalue weighted by molar-refractivity contribution is 7.92. The van der Waals surface area contributed by atoms with Crippen molar-refractivity contribution in [3.8, 4) is 0 Å². The van der Waals surface area contributed by atoms with Crippen LogP contribution in [0.1, 0.15) is 32.8 Å². The van der Waals surface area contributed by atoms with E-state index in [9.17, 15) is 18.0 Å². The van der Waals surface area contributed by atoms with Crippen LogP contribution in [0.4, 0.5) is 5.69 Å². The highest BCUT2D eigenvalue weighted by Crippen LogP contribution is 2.33. The molecule has 0 aromatic heterocycles. The van der Waals surface area contributed by atoms with Crippen molar-refractivity contribution in [1.82, 2.24) is 10.2 Å². The van der Waals surface area contributed by atoms with E-state index in [2.05, 4.69) is 5.32 Å². The van der Waals surface area contributed by atoms with Gasteiger partial charge in [0.25, 0.3) is 10.0 Å². The van der Waals surface area contributed by atoms with Crippen molar-refractivity contribution >= 4 is 73.9 Å². The number of sulfonamides is 1. The van der Waals surface area contributed by atoms with Crippen LogP contribution in [0.3, 0.4) is 0 Å². The summed E-state index contributed by atoms with van der Waals surface area (Å²) in [6.45, 7) is 4.67. The zero-order chi connectivity index (χ0) is 29.6. The number of anilines is 1. The molecule has 214 valence electrons. The van der Waals surface area contributed by atoms with Crippen LogP contribution >= 0.6 is 46.4 Å². The fourth-order valence-corrected chi connectivity index (χ4v) is 6.00. The van der Waals surface area contributed by atoms with E-state index < -0.39 is 28.5 Å². The van der Waals surface area contributed by atoms with E-state index in [-0.39, 0.29) is 44.1 Å². The van der Waals surface area contributed by atoms with Crippen molar-refractivity contribution in [3.63, 3.8) is 0 Å². The Morgan fingerprint density at radius 2 is 1.52 bits per heavy atom. The van der Waals surface area contributed by atoms with Gasteiger partial charge in [-0.2, -0.15) is 0 Å². The molecule has 0 aliphatic heterocycles. The highest BCUT2D eigenvalue weighted by atomic mass is 35.5. The molecule has 0 saturated heterocycles. The van der Waals surface area contributed by atoms with Gasteiger partial charge in [-0.25, -0.2) is 8.42 Å². The first-order valence-corrected chi connectivity index (χ1v) is 15.4. The van der Waals surface area contributed by atoms with Gasteiger partial charge >= 0.3 is 0 Å². The van der Waals surface area contributed by atoms with Crippen LogP contribution in [0.15, 0.2) is 71.6 Å². The Morgan fingerprint density at radius 3 is 2.15 bits per heavy atom. The van der Waals surface area contributed by atoms with Gasteiger partial charge in [0, 0.05) is 17.6 Å². The van der Waals surface area contributed by atoms with Gasteiger partial charge in [0.2, 0.25) is 11.8 Å². The Morgan fingerprint density at radius 1 is 0.875 bits per heavy atom. The summed E-state index contributed by atoms with van der Waals surface area (Å²) in [5, 5.41) is 3.80. The minimum absolute atomic E-state index is 0.0255. The third-order valence-electron chi connectivity index (χ3n) is 6.29. The molecule has 0 bridgehead atoms. The second kappa shape index (κ2) is 13.9. The first-order valence-electron chi connectivity index (χ1n) is 12.4. The zero-order valence-corrected chi connectivity index (χ0v) is 25.9. The van der Waals surface area contributed by atoms with Gasteiger partial charge in [-0.3, -0.25) is 13.9 Å². The van der Waals surface area contributed by atoms with E-state index >= 15 is 0 Å². The quantitative estimate of drug-likeness (QED) is 0.248. The van der Waals surface area contributed by atoms with Crippen LogP contribution in [0.5, 0.6) is 0 Å². The van der Waals surface area contributed by atoms with Crippen LogP contribution in [0.25, 0.3) is 0 Å². The molecule has 0 unspecified atom stereocenters. The number of benzene rings is 3. The first-order chi connectivity index (χ1) is 18.8. The predicted molar refractivity (Wildman–Crippen MR) is 162 cm³/mol. The summed E-state index contributed by atoms with van der Waals surface area (Å²) in [7, 11) is -4.27. The molecule has 12 heteroatoms. The van der Waals surface area contributed by atoms with Gasteiger partial charge in [-0.15, -0.1) is 0 Å². The number of halogens is 4. The molecular weight excluding hydrogens is 616 g/mol. The third-order valence-corrected chi connectivity index (χ3v) is 9.36. The summed E-state index contributed by atoms with van der Waals surface area (Å²) in [5.41, 5.74) is 0.627. The summed E-state index contributed by atoms with van der Waals surface area (Å²) >= 11 is 24.9.